The largest absolute Gasteiger partial charge is 0.493 e. The van der Waals surface area contributed by atoms with Crippen molar-refractivity contribution in [2.45, 2.75) is 25.1 Å². The number of fused-ring (bicyclic) bond motifs is 1. The van der Waals surface area contributed by atoms with Crippen molar-refractivity contribution in [3.05, 3.63) is 42.0 Å². The monoisotopic (exact) mass is 492 g/mol. The molecule has 2 aromatic rings. The second-order valence-electron chi connectivity index (χ2n) is 7.92. The Morgan fingerprint density at radius 2 is 1.89 bits per heavy atom. The van der Waals surface area contributed by atoms with E-state index in [-0.39, 0.29) is 36.6 Å². The van der Waals surface area contributed by atoms with Gasteiger partial charge in [-0.2, -0.15) is 13.2 Å². The van der Waals surface area contributed by atoms with Crippen molar-refractivity contribution < 1.29 is 37.0 Å². The zero-order chi connectivity index (χ0) is 25.2. The van der Waals surface area contributed by atoms with Crippen molar-refractivity contribution in [3.63, 3.8) is 0 Å². The number of hydrogen-bond acceptors (Lipinski definition) is 9. The van der Waals surface area contributed by atoms with Gasteiger partial charge in [0, 0.05) is 37.3 Å². The van der Waals surface area contributed by atoms with Gasteiger partial charge in [0.2, 0.25) is 11.6 Å². The molecule has 1 atom stereocenters. The van der Waals surface area contributed by atoms with E-state index in [2.05, 4.69) is 15.3 Å². The maximum Gasteiger partial charge on any atom is 0.408 e. The van der Waals surface area contributed by atoms with Gasteiger partial charge in [-0.3, -0.25) is 9.59 Å². The van der Waals surface area contributed by atoms with Crippen LogP contribution in [0, 0.1) is 0 Å². The summed E-state index contributed by atoms with van der Waals surface area (Å²) < 4.78 is 56.1. The molecule has 2 aliphatic rings. The van der Waals surface area contributed by atoms with Gasteiger partial charge in [0.05, 0.1) is 30.6 Å². The Hall–Kier alpha value is -3.67. The van der Waals surface area contributed by atoms with E-state index in [9.17, 15) is 22.8 Å². The first-order valence-corrected chi connectivity index (χ1v) is 10.8. The summed E-state index contributed by atoms with van der Waals surface area (Å²) in [6, 6.07) is 1.48. The van der Waals surface area contributed by atoms with Gasteiger partial charge in [0.15, 0.2) is 11.5 Å². The Kier molecular flexibility index (Phi) is 6.92. The van der Waals surface area contributed by atoms with Crippen LogP contribution in [0.1, 0.15) is 12.8 Å². The standard InChI is InChI=1S/C23H23F3N4O5/c1-33-6-7-35-20-10-14-13(8-19(20)34-2)22(28-12-27-14)29-15-9-18(32)16(11-17(15)31)30-5-3-4-21(30)23(24,25)26/h8-12,21H,3-7H2,1-2H3,(H,27,28,29). The number of carbonyl (C=O) groups excluding carboxylic acids is 2. The van der Waals surface area contributed by atoms with Gasteiger partial charge < -0.3 is 24.4 Å². The van der Waals surface area contributed by atoms with Gasteiger partial charge in [0.1, 0.15) is 24.8 Å². The summed E-state index contributed by atoms with van der Waals surface area (Å²) in [6.07, 6.45) is -1.12. The fourth-order valence-electron chi connectivity index (χ4n) is 4.07. The summed E-state index contributed by atoms with van der Waals surface area (Å²) in [7, 11) is 3.02. The first-order valence-electron chi connectivity index (χ1n) is 10.8. The van der Waals surface area contributed by atoms with E-state index < -0.39 is 23.8 Å². The van der Waals surface area contributed by atoms with Gasteiger partial charge in [0.25, 0.3) is 0 Å². The topological polar surface area (TPSA) is 103 Å². The lowest BCUT2D eigenvalue weighted by Crippen LogP contribution is -2.43. The number of hydrogen-bond donors (Lipinski definition) is 1. The number of allylic oxidation sites excluding steroid dienone is 2. The lowest BCUT2D eigenvalue weighted by Gasteiger charge is -2.30. The lowest BCUT2D eigenvalue weighted by molar-refractivity contribution is -0.171. The van der Waals surface area contributed by atoms with E-state index in [0.29, 0.717) is 35.6 Å². The number of ketones is 2. The third-order valence-electron chi connectivity index (χ3n) is 5.72. The maximum atomic E-state index is 13.3. The smallest absolute Gasteiger partial charge is 0.408 e. The van der Waals surface area contributed by atoms with E-state index in [1.165, 1.54) is 13.4 Å². The molecule has 9 nitrogen and oxygen atoms in total. The average molecular weight is 492 g/mol. The number of alkyl halides is 3. The molecule has 0 saturated carbocycles. The van der Waals surface area contributed by atoms with Crippen LogP contribution in [0.5, 0.6) is 11.5 Å². The molecule has 1 aromatic heterocycles. The Morgan fingerprint density at radius 3 is 2.60 bits per heavy atom. The van der Waals surface area contributed by atoms with Crippen molar-refractivity contribution in [1.82, 2.24) is 14.9 Å². The van der Waals surface area contributed by atoms with Crippen LogP contribution in [0.3, 0.4) is 0 Å². The third-order valence-corrected chi connectivity index (χ3v) is 5.72. The van der Waals surface area contributed by atoms with Crippen LogP contribution in [0.25, 0.3) is 10.9 Å². The van der Waals surface area contributed by atoms with E-state index in [0.717, 1.165) is 17.1 Å². The highest BCUT2D eigenvalue weighted by molar-refractivity contribution is 6.21. The molecular formula is C23H23F3N4O5. The summed E-state index contributed by atoms with van der Waals surface area (Å²) >= 11 is 0. The average Bonchev–Trinajstić information content (AvgIpc) is 3.31. The predicted molar refractivity (Wildman–Crippen MR) is 119 cm³/mol. The van der Waals surface area contributed by atoms with Crippen molar-refractivity contribution in [3.8, 4) is 11.5 Å². The molecule has 1 unspecified atom stereocenters. The number of nitrogens with one attached hydrogen (secondary N) is 1. The van der Waals surface area contributed by atoms with Crippen LogP contribution in [-0.4, -0.2) is 72.6 Å². The Morgan fingerprint density at radius 1 is 1.09 bits per heavy atom. The van der Waals surface area contributed by atoms with Crippen LogP contribution in [-0.2, 0) is 14.3 Å². The molecule has 4 rings (SSSR count). The van der Waals surface area contributed by atoms with Crippen molar-refractivity contribution in [2.24, 2.45) is 0 Å². The molecule has 1 aliphatic carbocycles. The fourth-order valence-corrected chi connectivity index (χ4v) is 4.07. The second-order valence-corrected chi connectivity index (χ2v) is 7.92. The molecule has 2 heterocycles. The number of halogens is 3. The molecule has 1 aliphatic heterocycles. The maximum absolute atomic E-state index is 13.3. The van der Waals surface area contributed by atoms with Crippen LogP contribution in [0.15, 0.2) is 42.0 Å². The number of ether oxygens (including phenoxy) is 3. The molecule has 12 heteroatoms. The molecule has 35 heavy (non-hydrogen) atoms. The van der Waals surface area contributed by atoms with Gasteiger partial charge >= 0.3 is 6.18 Å². The Balaban J connectivity index is 1.59. The highest BCUT2D eigenvalue weighted by Gasteiger charge is 2.47. The quantitative estimate of drug-likeness (QED) is 0.440. The van der Waals surface area contributed by atoms with Crippen LogP contribution in [0.2, 0.25) is 0 Å². The normalized spacial score (nSPS) is 18.5. The SMILES string of the molecule is COCCOc1cc2ncnc(NC3=CC(=O)C(N4CCCC4C(F)(F)F)=CC3=O)c2cc1OC. The zero-order valence-electron chi connectivity index (χ0n) is 19.0. The molecule has 186 valence electrons. The number of rotatable bonds is 8. The van der Waals surface area contributed by atoms with E-state index in [4.69, 9.17) is 14.2 Å². The number of nitrogens with zero attached hydrogens (tertiary/aromatic N) is 3. The van der Waals surface area contributed by atoms with E-state index in [1.54, 1.807) is 19.2 Å². The van der Waals surface area contributed by atoms with Crippen LogP contribution >= 0.6 is 0 Å². The second kappa shape index (κ2) is 9.90. The number of likely N-dealkylation sites (tertiary alicyclic amines) is 1. The van der Waals surface area contributed by atoms with Gasteiger partial charge in [-0.15, -0.1) is 0 Å². The third kappa shape index (κ3) is 5.06. The number of aromatic nitrogens is 2. The zero-order valence-corrected chi connectivity index (χ0v) is 19.0. The fraction of sp³-hybridized carbons (Fsp3) is 0.391. The first kappa shape index (κ1) is 24.5. The van der Waals surface area contributed by atoms with Gasteiger partial charge in [-0.05, 0) is 18.9 Å². The predicted octanol–water partition coefficient (Wildman–Crippen LogP) is 3.02. The van der Waals surface area contributed by atoms with Crippen molar-refractivity contribution in [1.29, 1.82) is 0 Å². The molecule has 1 saturated heterocycles. The van der Waals surface area contributed by atoms with Crippen molar-refractivity contribution in [2.75, 3.05) is 39.3 Å². The van der Waals surface area contributed by atoms with E-state index in [1.807, 2.05) is 0 Å². The summed E-state index contributed by atoms with van der Waals surface area (Å²) in [5.41, 5.74) is 0.112. The molecule has 0 radical (unpaired) electrons. The molecule has 1 fully saturated rings. The van der Waals surface area contributed by atoms with Crippen molar-refractivity contribution >= 4 is 28.3 Å². The van der Waals surface area contributed by atoms with Gasteiger partial charge in [-0.25, -0.2) is 9.97 Å². The number of carbonyl (C=O) groups is 2. The summed E-state index contributed by atoms with van der Waals surface area (Å²) in [6.45, 7) is 0.717. The van der Waals surface area contributed by atoms with Gasteiger partial charge in [-0.1, -0.05) is 0 Å². The number of anilines is 1. The molecule has 0 amide bonds. The minimum Gasteiger partial charge on any atom is -0.493 e. The highest BCUT2D eigenvalue weighted by Crippen LogP contribution is 2.37. The first-order chi connectivity index (χ1) is 16.7. The molecule has 1 aromatic carbocycles. The summed E-state index contributed by atoms with van der Waals surface area (Å²) in [4.78, 5) is 34.8. The summed E-state index contributed by atoms with van der Waals surface area (Å²) in [5, 5.41) is 3.30. The van der Waals surface area contributed by atoms with E-state index >= 15 is 0 Å². The molecule has 0 bridgehead atoms. The molecular weight excluding hydrogens is 469 g/mol. The summed E-state index contributed by atoms with van der Waals surface area (Å²) in [5.74, 6) is -0.280. The minimum absolute atomic E-state index is 0.0523. The Bertz CT molecular complexity index is 1210. The molecule has 0 spiro atoms. The highest BCUT2D eigenvalue weighted by atomic mass is 19.4. The number of benzene rings is 1. The van der Waals surface area contributed by atoms with Crippen LogP contribution in [0.4, 0.5) is 19.0 Å². The minimum atomic E-state index is -4.49. The number of methoxy groups -OCH3 is 2. The Labute approximate surface area is 198 Å². The molecule has 1 N–H and O–H groups in total. The van der Waals surface area contributed by atoms with Crippen LogP contribution < -0.4 is 14.8 Å². The lowest BCUT2D eigenvalue weighted by atomic mass is 10.0.